The van der Waals surface area contributed by atoms with Crippen LogP contribution in [0.3, 0.4) is 0 Å². The quantitative estimate of drug-likeness (QED) is 0.314. The third-order valence-electron chi connectivity index (χ3n) is 6.99. The third-order valence-corrected chi connectivity index (χ3v) is 7.29. The lowest BCUT2D eigenvalue weighted by molar-refractivity contribution is -0.0347. The Morgan fingerprint density at radius 3 is 2.50 bits per heavy atom. The summed E-state index contributed by atoms with van der Waals surface area (Å²) in [6, 6.07) is 16.2. The molecule has 1 aliphatic carbocycles. The van der Waals surface area contributed by atoms with Gasteiger partial charge in [-0.3, -0.25) is 9.36 Å². The van der Waals surface area contributed by atoms with E-state index in [2.05, 4.69) is 5.32 Å². The van der Waals surface area contributed by atoms with Crippen molar-refractivity contribution in [2.24, 2.45) is 0 Å². The molecule has 3 aromatic carbocycles. The predicted octanol–water partition coefficient (Wildman–Crippen LogP) is 6.02. The summed E-state index contributed by atoms with van der Waals surface area (Å²) in [4.78, 5) is 12.8. The summed E-state index contributed by atoms with van der Waals surface area (Å²) in [5.74, 6) is -0.503. The fourth-order valence-electron chi connectivity index (χ4n) is 5.52. The first-order valence-electron chi connectivity index (χ1n) is 11.5. The molecule has 8 heteroatoms. The number of phenols is 1. The van der Waals surface area contributed by atoms with Crippen molar-refractivity contribution in [1.29, 1.82) is 0 Å². The molecule has 1 heterocycles. The van der Waals surface area contributed by atoms with Crippen molar-refractivity contribution in [3.63, 3.8) is 0 Å². The molecule has 186 valence electrons. The van der Waals surface area contributed by atoms with E-state index >= 15 is 0 Å². The number of pyridine rings is 1. The van der Waals surface area contributed by atoms with Crippen LogP contribution in [0.15, 0.2) is 71.5 Å². The van der Waals surface area contributed by atoms with Crippen molar-refractivity contribution in [3.8, 4) is 11.4 Å². The summed E-state index contributed by atoms with van der Waals surface area (Å²) >= 11 is 6.20. The average Bonchev–Trinajstić information content (AvgIpc) is 2.84. The van der Waals surface area contributed by atoms with Gasteiger partial charge < -0.3 is 15.5 Å². The number of aromatic hydroxyl groups is 1. The molecule has 0 saturated carbocycles. The summed E-state index contributed by atoms with van der Waals surface area (Å²) < 4.78 is 29.4. The van der Waals surface area contributed by atoms with E-state index in [0.717, 1.165) is 0 Å². The Labute approximate surface area is 211 Å². The predicted molar refractivity (Wildman–Crippen MR) is 138 cm³/mol. The van der Waals surface area contributed by atoms with Gasteiger partial charge >= 0.3 is 0 Å². The SMILES string of the molecule is CC1(C)CC(O)(CF)C(Nc2cccc3c2ccc(=O)n3-c2ccc(F)cc2)c2ccc(Cl)c(O)c21. The van der Waals surface area contributed by atoms with Gasteiger partial charge in [-0.2, -0.15) is 0 Å². The number of fused-ring (bicyclic) bond motifs is 2. The van der Waals surface area contributed by atoms with Crippen LogP contribution in [-0.2, 0) is 5.41 Å². The standard InChI is InChI=1S/C28H25ClF2N2O3/c1-27(2)14-28(36,15-30)26(19-10-12-20(29)25(35)24(19)27)32-21-4-3-5-22-18(21)11-13-23(34)33(22)17-8-6-16(31)7-9-17/h3-13,26,32,35-36H,14-15H2,1-2H3. The maximum absolute atomic E-state index is 14.5. The van der Waals surface area contributed by atoms with Crippen LogP contribution in [0.5, 0.6) is 5.75 Å². The van der Waals surface area contributed by atoms with Gasteiger partial charge in [-0.1, -0.05) is 37.6 Å². The van der Waals surface area contributed by atoms with E-state index in [-0.39, 0.29) is 22.8 Å². The Kier molecular flexibility index (Phi) is 5.80. The summed E-state index contributed by atoms with van der Waals surface area (Å²) in [5.41, 5.74) is -0.121. The number of hydrogen-bond donors (Lipinski definition) is 3. The smallest absolute Gasteiger partial charge is 0.255 e. The second-order valence-electron chi connectivity index (χ2n) is 9.96. The van der Waals surface area contributed by atoms with Crippen molar-refractivity contribution >= 4 is 28.2 Å². The van der Waals surface area contributed by atoms with Gasteiger partial charge in [0.25, 0.3) is 5.56 Å². The van der Waals surface area contributed by atoms with Gasteiger partial charge in [0.1, 0.15) is 23.8 Å². The zero-order chi connectivity index (χ0) is 25.8. The number of aliphatic hydroxyl groups is 1. The van der Waals surface area contributed by atoms with Crippen molar-refractivity contribution in [3.05, 3.63) is 99.1 Å². The first-order chi connectivity index (χ1) is 17.1. The van der Waals surface area contributed by atoms with Crippen LogP contribution in [-0.4, -0.2) is 27.1 Å². The second-order valence-corrected chi connectivity index (χ2v) is 10.4. The van der Waals surface area contributed by atoms with Crippen molar-refractivity contribution in [1.82, 2.24) is 4.57 Å². The van der Waals surface area contributed by atoms with E-state index in [1.807, 2.05) is 13.8 Å². The molecule has 2 atom stereocenters. The van der Waals surface area contributed by atoms with E-state index in [1.165, 1.54) is 41.0 Å². The Morgan fingerprint density at radius 2 is 1.81 bits per heavy atom. The highest BCUT2D eigenvalue weighted by atomic mass is 35.5. The first-order valence-corrected chi connectivity index (χ1v) is 11.9. The Balaban J connectivity index is 1.69. The largest absolute Gasteiger partial charge is 0.506 e. The molecule has 0 aliphatic heterocycles. The van der Waals surface area contributed by atoms with Crippen LogP contribution in [0.4, 0.5) is 14.5 Å². The molecule has 36 heavy (non-hydrogen) atoms. The van der Waals surface area contributed by atoms with Crippen LogP contribution in [0.2, 0.25) is 5.02 Å². The fourth-order valence-corrected chi connectivity index (χ4v) is 5.68. The summed E-state index contributed by atoms with van der Waals surface area (Å²) in [6.45, 7) is 2.65. The molecule has 0 spiro atoms. The highest BCUT2D eigenvalue weighted by Crippen LogP contribution is 2.53. The van der Waals surface area contributed by atoms with Crippen molar-refractivity contribution in [2.45, 2.75) is 37.3 Å². The zero-order valence-electron chi connectivity index (χ0n) is 19.7. The number of rotatable bonds is 4. The maximum Gasteiger partial charge on any atom is 0.255 e. The molecule has 0 amide bonds. The minimum atomic E-state index is -1.77. The monoisotopic (exact) mass is 510 g/mol. The van der Waals surface area contributed by atoms with Gasteiger partial charge in [0.2, 0.25) is 0 Å². The average molecular weight is 511 g/mol. The molecule has 0 bridgehead atoms. The molecule has 3 N–H and O–H groups in total. The lowest BCUT2D eigenvalue weighted by Crippen LogP contribution is -2.51. The van der Waals surface area contributed by atoms with E-state index in [1.54, 1.807) is 30.3 Å². The maximum atomic E-state index is 14.5. The van der Waals surface area contributed by atoms with Crippen LogP contribution >= 0.6 is 11.6 Å². The van der Waals surface area contributed by atoms with E-state index in [9.17, 15) is 23.8 Å². The van der Waals surface area contributed by atoms with Crippen molar-refractivity contribution < 1.29 is 19.0 Å². The Hall–Kier alpha value is -3.42. The molecule has 0 radical (unpaired) electrons. The number of nitrogens with zero attached hydrogens (tertiary/aromatic N) is 1. The summed E-state index contributed by atoms with van der Waals surface area (Å²) in [6.07, 6.45) is 0.0418. The van der Waals surface area contributed by atoms with E-state index in [4.69, 9.17) is 11.6 Å². The van der Waals surface area contributed by atoms with Crippen LogP contribution in [0.1, 0.15) is 37.4 Å². The van der Waals surface area contributed by atoms with E-state index < -0.39 is 29.5 Å². The minimum absolute atomic E-state index is 0.0418. The first kappa shape index (κ1) is 24.3. The number of aromatic nitrogens is 1. The third kappa shape index (κ3) is 3.83. The Bertz CT molecular complexity index is 1530. The lowest BCUT2D eigenvalue weighted by atomic mass is 9.64. The number of phenolic OH excluding ortho intramolecular Hbond substituents is 1. The number of halogens is 3. The molecule has 0 saturated heterocycles. The van der Waals surface area contributed by atoms with Gasteiger partial charge in [0.15, 0.2) is 0 Å². The molecule has 5 nitrogen and oxygen atoms in total. The molecule has 2 unspecified atom stereocenters. The number of hydrogen-bond acceptors (Lipinski definition) is 4. The van der Waals surface area contributed by atoms with Gasteiger partial charge in [-0.15, -0.1) is 0 Å². The summed E-state index contributed by atoms with van der Waals surface area (Å²) in [5, 5.41) is 26.4. The van der Waals surface area contributed by atoms with Gasteiger partial charge in [0.05, 0.1) is 16.6 Å². The molecule has 0 fully saturated rings. The molecule has 1 aliphatic rings. The van der Waals surface area contributed by atoms with Crippen LogP contribution < -0.4 is 10.9 Å². The van der Waals surface area contributed by atoms with Crippen LogP contribution in [0, 0.1) is 5.82 Å². The minimum Gasteiger partial charge on any atom is -0.506 e. The van der Waals surface area contributed by atoms with Gasteiger partial charge in [-0.05, 0) is 65.9 Å². The molecular weight excluding hydrogens is 486 g/mol. The number of anilines is 1. The summed E-state index contributed by atoms with van der Waals surface area (Å²) in [7, 11) is 0. The second kappa shape index (κ2) is 8.61. The molecular formula is C28H25ClF2N2O3. The molecule has 5 rings (SSSR count). The lowest BCUT2D eigenvalue weighted by Gasteiger charge is -2.47. The fraction of sp³-hybridized carbons (Fsp3) is 0.250. The topological polar surface area (TPSA) is 74.5 Å². The number of benzene rings is 3. The van der Waals surface area contributed by atoms with E-state index in [0.29, 0.717) is 33.4 Å². The number of alkyl halides is 1. The van der Waals surface area contributed by atoms with Crippen LogP contribution in [0.25, 0.3) is 16.6 Å². The number of nitrogens with one attached hydrogen (secondary N) is 1. The molecule has 1 aromatic heterocycles. The highest BCUT2D eigenvalue weighted by molar-refractivity contribution is 6.32. The Morgan fingerprint density at radius 1 is 1.08 bits per heavy atom. The van der Waals surface area contributed by atoms with Gasteiger partial charge in [0, 0.05) is 28.4 Å². The highest BCUT2D eigenvalue weighted by Gasteiger charge is 2.50. The normalized spacial score (nSPS) is 20.8. The van der Waals surface area contributed by atoms with Gasteiger partial charge in [-0.25, -0.2) is 8.78 Å². The molecule has 4 aromatic rings. The van der Waals surface area contributed by atoms with Crippen molar-refractivity contribution in [2.75, 3.05) is 12.0 Å². The zero-order valence-corrected chi connectivity index (χ0v) is 20.5.